The lowest BCUT2D eigenvalue weighted by molar-refractivity contribution is 0.225. The SMILES string of the molecule is CCS(=O)(=O)NC[C@@H](C)Oc1ccccc1Cl. The Hall–Kier alpha value is -0.780. The monoisotopic (exact) mass is 277 g/mol. The maximum atomic E-state index is 11.2. The van der Waals surface area contributed by atoms with E-state index in [-0.39, 0.29) is 18.4 Å². The lowest BCUT2D eigenvalue weighted by Gasteiger charge is -2.16. The van der Waals surface area contributed by atoms with Crippen LogP contribution in [0.25, 0.3) is 0 Å². The van der Waals surface area contributed by atoms with Crippen molar-refractivity contribution in [3.05, 3.63) is 29.3 Å². The average Bonchev–Trinajstić information content (AvgIpc) is 2.30. The zero-order chi connectivity index (χ0) is 12.9. The topological polar surface area (TPSA) is 55.4 Å². The first-order valence-electron chi connectivity index (χ1n) is 5.33. The van der Waals surface area contributed by atoms with Crippen LogP contribution < -0.4 is 9.46 Å². The van der Waals surface area contributed by atoms with Crippen molar-refractivity contribution in [2.45, 2.75) is 20.0 Å². The maximum Gasteiger partial charge on any atom is 0.211 e. The number of ether oxygens (including phenoxy) is 1. The van der Waals surface area contributed by atoms with E-state index in [1.807, 2.05) is 6.07 Å². The molecule has 0 radical (unpaired) electrons. The number of halogens is 1. The van der Waals surface area contributed by atoms with Crippen LogP contribution in [0.4, 0.5) is 0 Å². The number of sulfonamides is 1. The predicted octanol–water partition coefficient (Wildman–Crippen LogP) is 2.05. The van der Waals surface area contributed by atoms with E-state index in [0.717, 1.165) is 0 Å². The van der Waals surface area contributed by atoms with Gasteiger partial charge < -0.3 is 4.74 Å². The predicted molar refractivity (Wildman–Crippen MR) is 69.0 cm³/mol. The highest BCUT2D eigenvalue weighted by atomic mass is 35.5. The van der Waals surface area contributed by atoms with Crippen molar-refractivity contribution in [3.63, 3.8) is 0 Å². The van der Waals surface area contributed by atoms with Crippen LogP contribution in [-0.4, -0.2) is 26.8 Å². The van der Waals surface area contributed by atoms with Crippen LogP contribution in [0, 0.1) is 0 Å². The summed E-state index contributed by atoms with van der Waals surface area (Å²) in [7, 11) is -3.18. The van der Waals surface area contributed by atoms with Crippen molar-refractivity contribution >= 4 is 21.6 Å². The Balaban J connectivity index is 2.51. The van der Waals surface area contributed by atoms with Gasteiger partial charge in [0, 0.05) is 6.54 Å². The number of rotatable bonds is 6. The fourth-order valence-electron chi connectivity index (χ4n) is 1.15. The molecule has 0 aliphatic rings. The van der Waals surface area contributed by atoms with Crippen LogP contribution in [0.2, 0.25) is 5.02 Å². The van der Waals surface area contributed by atoms with E-state index in [1.165, 1.54) is 0 Å². The first kappa shape index (κ1) is 14.3. The molecule has 0 aliphatic carbocycles. The summed E-state index contributed by atoms with van der Waals surface area (Å²) in [6.45, 7) is 3.59. The molecule has 0 saturated carbocycles. The first-order valence-corrected chi connectivity index (χ1v) is 7.36. The quantitative estimate of drug-likeness (QED) is 0.866. The zero-order valence-electron chi connectivity index (χ0n) is 9.81. The third-order valence-corrected chi connectivity index (χ3v) is 3.81. The highest BCUT2D eigenvalue weighted by Gasteiger charge is 2.11. The summed E-state index contributed by atoms with van der Waals surface area (Å²) < 4.78 is 30.4. The van der Waals surface area contributed by atoms with Gasteiger partial charge in [-0.1, -0.05) is 23.7 Å². The second kappa shape index (κ2) is 6.23. The third kappa shape index (κ3) is 4.93. The lowest BCUT2D eigenvalue weighted by atomic mass is 10.3. The Kier molecular flexibility index (Phi) is 5.24. The van der Waals surface area contributed by atoms with Gasteiger partial charge in [0.15, 0.2) is 0 Å². The normalized spacial score (nSPS) is 13.4. The second-order valence-corrected chi connectivity index (χ2v) is 6.11. The number of hydrogen-bond acceptors (Lipinski definition) is 3. The van der Waals surface area contributed by atoms with Gasteiger partial charge in [-0.05, 0) is 26.0 Å². The Morgan fingerprint density at radius 3 is 2.65 bits per heavy atom. The van der Waals surface area contributed by atoms with Crippen LogP contribution in [0.5, 0.6) is 5.75 Å². The summed E-state index contributed by atoms with van der Waals surface area (Å²) in [5.74, 6) is 0.614. The van der Waals surface area contributed by atoms with Gasteiger partial charge in [0.25, 0.3) is 0 Å². The Bertz CT molecular complexity index is 462. The van der Waals surface area contributed by atoms with Gasteiger partial charge in [0.05, 0.1) is 10.8 Å². The summed E-state index contributed by atoms with van der Waals surface area (Å²) in [6, 6.07) is 7.08. The molecule has 1 aromatic carbocycles. The van der Waals surface area contributed by atoms with Gasteiger partial charge in [-0.15, -0.1) is 0 Å². The largest absolute Gasteiger partial charge is 0.488 e. The van der Waals surface area contributed by atoms with Crippen molar-refractivity contribution in [1.29, 1.82) is 0 Å². The molecule has 0 bridgehead atoms. The molecule has 0 aliphatic heterocycles. The number of benzene rings is 1. The van der Waals surface area contributed by atoms with Crippen molar-refractivity contribution in [2.24, 2.45) is 0 Å². The van der Waals surface area contributed by atoms with E-state index in [2.05, 4.69) is 4.72 Å². The minimum Gasteiger partial charge on any atom is -0.488 e. The number of para-hydroxylation sites is 1. The molecule has 1 N–H and O–H groups in total. The van der Waals surface area contributed by atoms with Gasteiger partial charge >= 0.3 is 0 Å². The van der Waals surface area contributed by atoms with Crippen LogP contribution >= 0.6 is 11.6 Å². The molecule has 0 saturated heterocycles. The summed E-state index contributed by atoms with van der Waals surface area (Å²) in [4.78, 5) is 0. The number of hydrogen-bond donors (Lipinski definition) is 1. The lowest BCUT2D eigenvalue weighted by Crippen LogP contribution is -2.34. The van der Waals surface area contributed by atoms with Crippen molar-refractivity contribution in [2.75, 3.05) is 12.3 Å². The van der Waals surface area contributed by atoms with Gasteiger partial charge in [0.2, 0.25) is 10.0 Å². The summed E-state index contributed by atoms with van der Waals surface area (Å²) in [6.07, 6.45) is -0.281. The van der Waals surface area contributed by atoms with E-state index >= 15 is 0 Å². The molecular formula is C11H16ClNO3S. The van der Waals surface area contributed by atoms with Gasteiger partial charge in [0.1, 0.15) is 11.9 Å². The molecule has 1 atom stereocenters. The van der Waals surface area contributed by atoms with Gasteiger partial charge in [-0.25, -0.2) is 13.1 Å². The molecule has 1 rings (SSSR count). The standard InChI is InChI=1S/C11H16ClNO3S/c1-3-17(14,15)13-8-9(2)16-11-7-5-4-6-10(11)12/h4-7,9,13H,3,8H2,1-2H3/t9-/m1/s1. The second-order valence-electron chi connectivity index (χ2n) is 3.61. The number of nitrogens with one attached hydrogen (secondary N) is 1. The molecule has 0 unspecified atom stereocenters. The first-order chi connectivity index (χ1) is 7.94. The van der Waals surface area contributed by atoms with E-state index < -0.39 is 10.0 Å². The van der Waals surface area contributed by atoms with Crippen LogP contribution in [0.1, 0.15) is 13.8 Å². The molecule has 17 heavy (non-hydrogen) atoms. The zero-order valence-corrected chi connectivity index (χ0v) is 11.4. The van der Waals surface area contributed by atoms with E-state index in [1.54, 1.807) is 32.0 Å². The van der Waals surface area contributed by atoms with E-state index in [4.69, 9.17) is 16.3 Å². The summed E-state index contributed by atoms with van der Waals surface area (Å²) in [5.41, 5.74) is 0. The smallest absolute Gasteiger partial charge is 0.211 e. The molecule has 0 spiro atoms. The maximum absolute atomic E-state index is 11.2. The highest BCUT2D eigenvalue weighted by Crippen LogP contribution is 2.23. The van der Waals surface area contributed by atoms with E-state index in [9.17, 15) is 8.42 Å². The molecule has 0 aromatic heterocycles. The Morgan fingerprint density at radius 2 is 2.06 bits per heavy atom. The molecule has 1 aromatic rings. The summed E-state index contributed by atoms with van der Waals surface area (Å²) >= 11 is 5.92. The molecule has 4 nitrogen and oxygen atoms in total. The Morgan fingerprint density at radius 1 is 1.41 bits per heavy atom. The fourth-order valence-corrected chi connectivity index (χ4v) is 2.02. The highest BCUT2D eigenvalue weighted by molar-refractivity contribution is 7.89. The molecule has 96 valence electrons. The molecule has 0 heterocycles. The average molecular weight is 278 g/mol. The van der Waals surface area contributed by atoms with Crippen LogP contribution in [0.15, 0.2) is 24.3 Å². The Labute approximate surface area is 107 Å². The minimum atomic E-state index is -3.18. The third-order valence-electron chi connectivity index (χ3n) is 2.14. The molecule has 0 fully saturated rings. The van der Waals surface area contributed by atoms with Gasteiger partial charge in [-0.3, -0.25) is 0 Å². The molecule has 6 heteroatoms. The van der Waals surface area contributed by atoms with Crippen LogP contribution in [0.3, 0.4) is 0 Å². The van der Waals surface area contributed by atoms with Crippen molar-refractivity contribution in [3.8, 4) is 5.75 Å². The molecule has 0 amide bonds. The fraction of sp³-hybridized carbons (Fsp3) is 0.455. The van der Waals surface area contributed by atoms with Crippen molar-refractivity contribution < 1.29 is 13.2 Å². The summed E-state index contributed by atoms with van der Waals surface area (Å²) in [5, 5.41) is 0.512. The van der Waals surface area contributed by atoms with Crippen LogP contribution in [-0.2, 0) is 10.0 Å². The van der Waals surface area contributed by atoms with E-state index in [0.29, 0.717) is 10.8 Å². The van der Waals surface area contributed by atoms with Gasteiger partial charge in [-0.2, -0.15) is 0 Å². The molecular weight excluding hydrogens is 262 g/mol. The van der Waals surface area contributed by atoms with Crippen molar-refractivity contribution in [1.82, 2.24) is 4.72 Å². The minimum absolute atomic E-state index is 0.0613.